The van der Waals surface area contributed by atoms with E-state index in [4.69, 9.17) is 4.74 Å². The third kappa shape index (κ3) is 2.52. The highest BCUT2D eigenvalue weighted by molar-refractivity contribution is 5.89. The van der Waals surface area contributed by atoms with Gasteiger partial charge in [0.05, 0.1) is 6.10 Å². The molecule has 0 spiro atoms. The van der Waals surface area contributed by atoms with Gasteiger partial charge in [-0.05, 0) is 19.8 Å². The number of nitrogens with one attached hydrogen (secondary N) is 1. The van der Waals surface area contributed by atoms with E-state index in [-0.39, 0.29) is 17.9 Å². The number of hydrogen-bond acceptors (Lipinski definition) is 3. The minimum absolute atomic E-state index is 0.00125. The Hall–Kier alpha value is -1.10. The summed E-state index contributed by atoms with van der Waals surface area (Å²) in [5.41, 5.74) is 0. The molecule has 90 valence electrons. The number of carbonyl (C=O) groups is 2. The van der Waals surface area contributed by atoms with Crippen molar-refractivity contribution in [2.24, 2.45) is 0 Å². The van der Waals surface area contributed by atoms with Crippen LogP contribution in [0.2, 0.25) is 0 Å². The van der Waals surface area contributed by atoms with Crippen LogP contribution in [0.5, 0.6) is 0 Å². The number of hydrogen-bond donors (Lipinski definition) is 1. The van der Waals surface area contributed by atoms with Crippen molar-refractivity contribution in [2.75, 3.05) is 19.7 Å². The molecule has 0 radical (unpaired) electrons. The van der Waals surface area contributed by atoms with Gasteiger partial charge in [-0.1, -0.05) is 0 Å². The van der Waals surface area contributed by atoms with Gasteiger partial charge in [0.25, 0.3) is 0 Å². The van der Waals surface area contributed by atoms with Crippen LogP contribution in [0.4, 0.5) is 0 Å². The first kappa shape index (κ1) is 11.4. The standard InChI is InChI=1S/C11H18N2O3/c1-8-11(15)13(5-4-10(14)12-8)7-9-3-2-6-16-9/h8-9H,2-7H2,1H3,(H,12,14). The van der Waals surface area contributed by atoms with Gasteiger partial charge in [-0.15, -0.1) is 0 Å². The predicted molar refractivity (Wildman–Crippen MR) is 57.8 cm³/mol. The summed E-state index contributed by atoms with van der Waals surface area (Å²) in [6.45, 7) is 3.65. The van der Waals surface area contributed by atoms with E-state index in [1.165, 1.54) is 0 Å². The topological polar surface area (TPSA) is 58.6 Å². The van der Waals surface area contributed by atoms with Crippen molar-refractivity contribution in [1.82, 2.24) is 10.2 Å². The molecule has 0 saturated carbocycles. The van der Waals surface area contributed by atoms with Crippen molar-refractivity contribution in [2.45, 2.75) is 38.3 Å². The summed E-state index contributed by atoms with van der Waals surface area (Å²) in [7, 11) is 0. The Morgan fingerprint density at radius 3 is 3.00 bits per heavy atom. The van der Waals surface area contributed by atoms with E-state index in [1.807, 2.05) is 0 Å². The maximum absolute atomic E-state index is 11.9. The van der Waals surface area contributed by atoms with Gasteiger partial charge in [0, 0.05) is 26.1 Å². The maximum Gasteiger partial charge on any atom is 0.244 e. The molecule has 2 atom stereocenters. The second-order valence-corrected chi connectivity index (χ2v) is 4.46. The number of ether oxygens (including phenoxy) is 1. The molecule has 0 bridgehead atoms. The molecule has 5 heteroatoms. The van der Waals surface area contributed by atoms with E-state index < -0.39 is 6.04 Å². The van der Waals surface area contributed by atoms with Crippen LogP contribution in [0.15, 0.2) is 0 Å². The molecule has 2 unspecified atom stereocenters. The number of rotatable bonds is 2. The predicted octanol–water partition coefficient (Wildman–Crippen LogP) is -0.0976. The molecular formula is C11H18N2O3. The molecule has 16 heavy (non-hydrogen) atoms. The minimum atomic E-state index is -0.406. The van der Waals surface area contributed by atoms with Crippen LogP contribution in [0.1, 0.15) is 26.2 Å². The van der Waals surface area contributed by atoms with E-state index in [2.05, 4.69) is 5.32 Å². The fourth-order valence-corrected chi connectivity index (χ4v) is 2.21. The molecule has 0 aromatic carbocycles. The van der Waals surface area contributed by atoms with Crippen LogP contribution < -0.4 is 5.32 Å². The zero-order valence-electron chi connectivity index (χ0n) is 9.57. The highest BCUT2D eigenvalue weighted by atomic mass is 16.5. The minimum Gasteiger partial charge on any atom is -0.376 e. The lowest BCUT2D eigenvalue weighted by molar-refractivity contribution is -0.134. The van der Waals surface area contributed by atoms with Gasteiger partial charge in [-0.3, -0.25) is 9.59 Å². The van der Waals surface area contributed by atoms with Crippen LogP contribution in [-0.4, -0.2) is 48.6 Å². The van der Waals surface area contributed by atoms with E-state index in [1.54, 1.807) is 11.8 Å². The van der Waals surface area contributed by atoms with Gasteiger partial charge in [0.1, 0.15) is 6.04 Å². The molecule has 0 aliphatic carbocycles. The number of carbonyl (C=O) groups excluding carboxylic acids is 2. The smallest absolute Gasteiger partial charge is 0.244 e. The summed E-state index contributed by atoms with van der Waals surface area (Å²) >= 11 is 0. The highest BCUT2D eigenvalue weighted by Gasteiger charge is 2.29. The van der Waals surface area contributed by atoms with Crippen LogP contribution in [0.25, 0.3) is 0 Å². The highest BCUT2D eigenvalue weighted by Crippen LogP contribution is 2.15. The summed E-state index contributed by atoms with van der Waals surface area (Å²) in [6.07, 6.45) is 2.63. The van der Waals surface area contributed by atoms with Crippen molar-refractivity contribution < 1.29 is 14.3 Å². The van der Waals surface area contributed by atoms with Crippen molar-refractivity contribution in [1.29, 1.82) is 0 Å². The Balaban J connectivity index is 1.95. The van der Waals surface area contributed by atoms with Gasteiger partial charge in [-0.2, -0.15) is 0 Å². The lowest BCUT2D eigenvalue weighted by Crippen LogP contribution is -2.45. The van der Waals surface area contributed by atoms with Crippen LogP contribution in [0.3, 0.4) is 0 Å². The van der Waals surface area contributed by atoms with Crippen molar-refractivity contribution >= 4 is 11.8 Å². The van der Waals surface area contributed by atoms with E-state index >= 15 is 0 Å². The van der Waals surface area contributed by atoms with E-state index in [0.717, 1.165) is 19.4 Å². The molecule has 2 saturated heterocycles. The molecule has 0 aromatic heterocycles. The molecule has 5 nitrogen and oxygen atoms in total. The van der Waals surface area contributed by atoms with Crippen molar-refractivity contribution in [3.8, 4) is 0 Å². The molecule has 2 aliphatic heterocycles. The lowest BCUT2D eigenvalue weighted by Gasteiger charge is -2.24. The van der Waals surface area contributed by atoms with Crippen LogP contribution in [-0.2, 0) is 14.3 Å². The zero-order chi connectivity index (χ0) is 11.5. The third-order valence-electron chi connectivity index (χ3n) is 3.12. The normalized spacial score (nSPS) is 31.4. The van der Waals surface area contributed by atoms with E-state index in [0.29, 0.717) is 19.5 Å². The van der Waals surface area contributed by atoms with Gasteiger partial charge in [0.2, 0.25) is 11.8 Å². The average molecular weight is 226 g/mol. The van der Waals surface area contributed by atoms with Crippen molar-refractivity contribution in [3.63, 3.8) is 0 Å². The maximum atomic E-state index is 11.9. The molecule has 0 aromatic rings. The summed E-state index contributed by atoms with van der Waals surface area (Å²) in [4.78, 5) is 25.0. The number of nitrogens with zero attached hydrogens (tertiary/aromatic N) is 1. The molecule has 1 N–H and O–H groups in total. The van der Waals surface area contributed by atoms with Gasteiger partial charge < -0.3 is 15.0 Å². The van der Waals surface area contributed by atoms with Gasteiger partial charge >= 0.3 is 0 Å². The Morgan fingerprint density at radius 2 is 2.31 bits per heavy atom. The lowest BCUT2D eigenvalue weighted by atomic mass is 10.2. The second-order valence-electron chi connectivity index (χ2n) is 4.46. The Morgan fingerprint density at radius 1 is 1.50 bits per heavy atom. The largest absolute Gasteiger partial charge is 0.376 e. The summed E-state index contributed by atoms with van der Waals surface area (Å²) in [6, 6.07) is -0.406. The quantitative estimate of drug-likeness (QED) is 0.715. The monoisotopic (exact) mass is 226 g/mol. The fraction of sp³-hybridized carbons (Fsp3) is 0.818. The molecular weight excluding hydrogens is 208 g/mol. The SMILES string of the molecule is CC1NC(=O)CCN(CC2CCCO2)C1=O. The summed E-state index contributed by atoms with van der Waals surface area (Å²) in [5, 5.41) is 2.68. The molecule has 2 heterocycles. The first-order chi connectivity index (χ1) is 7.66. The molecule has 2 amide bonds. The zero-order valence-corrected chi connectivity index (χ0v) is 9.57. The summed E-state index contributed by atoms with van der Waals surface area (Å²) < 4.78 is 5.51. The Bertz CT molecular complexity index is 287. The molecule has 2 fully saturated rings. The Labute approximate surface area is 95.1 Å². The fourth-order valence-electron chi connectivity index (χ4n) is 2.21. The molecule has 2 rings (SSSR count). The average Bonchev–Trinajstić information content (AvgIpc) is 2.71. The Kier molecular flexibility index (Phi) is 3.43. The van der Waals surface area contributed by atoms with Crippen molar-refractivity contribution in [3.05, 3.63) is 0 Å². The first-order valence-electron chi connectivity index (χ1n) is 5.86. The second kappa shape index (κ2) is 4.82. The number of amides is 2. The third-order valence-corrected chi connectivity index (χ3v) is 3.12. The van der Waals surface area contributed by atoms with Gasteiger partial charge in [0.15, 0.2) is 0 Å². The van der Waals surface area contributed by atoms with Crippen LogP contribution in [0, 0.1) is 0 Å². The first-order valence-corrected chi connectivity index (χ1v) is 5.86. The molecule has 2 aliphatic rings. The summed E-state index contributed by atoms with van der Waals surface area (Å²) in [5.74, 6) is -0.0444. The van der Waals surface area contributed by atoms with E-state index in [9.17, 15) is 9.59 Å². The van der Waals surface area contributed by atoms with Crippen LogP contribution >= 0.6 is 0 Å². The van der Waals surface area contributed by atoms with Gasteiger partial charge in [-0.25, -0.2) is 0 Å².